The van der Waals surface area contributed by atoms with Crippen molar-refractivity contribution < 1.29 is 4.74 Å². The number of piperidine rings is 1. The van der Waals surface area contributed by atoms with Crippen molar-refractivity contribution in [1.29, 1.82) is 0 Å². The van der Waals surface area contributed by atoms with Gasteiger partial charge in [0.15, 0.2) is 0 Å². The summed E-state index contributed by atoms with van der Waals surface area (Å²) < 4.78 is 5.41. The first-order valence-electron chi connectivity index (χ1n) is 6.89. The highest BCUT2D eigenvalue weighted by Gasteiger charge is 2.26. The molecule has 0 radical (unpaired) electrons. The molecule has 3 nitrogen and oxygen atoms in total. The van der Waals surface area contributed by atoms with Crippen molar-refractivity contribution >= 4 is 11.6 Å². The Kier molecular flexibility index (Phi) is 5.08. The fraction of sp³-hybridized carbons (Fsp3) is 0.600. The molecule has 0 aromatic heterocycles. The van der Waals surface area contributed by atoms with Crippen LogP contribution >= 0.6 is 11.6 Å². The van der Waals surface area contributed by atoms with Gasteiger partial charge in [0.2, 0.25) is 0 Å². The number of likely N-dealkylation sites (tertiary alicyclic amines) is 1. The Bertz CT molecular complexity index is 425. The molecule has 2 unspecified atom stereocenters. The van der Waals surface area contributed by atoms with Crippen molar-refractivity contribution in [2.24, 2.45) is 17.6 Å². The monoisotopic (exact) mass is 282 g/mol. The number of methoxy groups -OCH3 is 1. The van der Waals surface area contributed by atoms with Crippen LogP contribution in [0.5, 0.6) is 5.75 Å². The van der Waals surface area contributed by atoms with Crippen LogP contribution < -0.4 is 10.5 Å². The molecule has 1 aliphatic heterocycles. The van der Waals surface area contributed by atoms with Crippen LogP contribution in [-0.4, -0.2) is 31.6 Å². The maximum atomic E-state index is 6.29. The molecular weight excluding hydrogens is 260 g/mol. The summed E-state index contributed by atoms with van der Waals surface area (Å²) in [6, 6.07) is 5.81. The van der Waals surface area contributed by atoms with Gasteiger partial charge in [0.1, 0.15) is 5.75 Å². The summed E-state index contributed by atoms with van der Waals surface area (Å²) in [6.07, 6.45) is 1.20. The Labute approximate surface area is 120 Å². The molecular formula is C15H23ClN2O. The van der Waals surface area contributed by atoms with Crippen LogP contribution in [0, 0.1) is 11.8 Å². The molecule has 0 spiro atoms. The number of nitrogens with two attached hydrogens (primary N) is 1. The van der Waals surface area contributed by atoms with Crippen molar-refractivity contribution in [1.82, 2.24) is 4.90 Å². The summed E-state index contributed by atoms with van der Waals surface area (Å²) in [5.41, 5.74) is 6.94. The second-order valence-corrected chi connectivity index (χ2v) is 5.82. The van der Waals surface area contributed by atoms with E-state index in [0.29, 0.717) is 5.92 Å². The lowest BCUT2D eigenvalue weighted by Gasteiger charge is -2.36. The van der Waals surface area contributed by atoms with Gasteiger partial charge in [-0.15, -0.1) is 0 Å². The molecule has 2 atom stereocenters. The third-order valence-electron chi connectivity index (χ3n) is 4.18. The lowest BCUT2D eigenvalue weighted by atomic mass is 9.87. The van der Waals surface area contributed by atoms with Crippen LogP contribution in [0.3, 0.4) is 0 Å². The highest BCUT2D eigenvalue weighted by atomic mass is 35.5. The van der Waals surface area contributed by atoms with Gasteiger partial charge >= 0.3 is 0 Å². The number of hydrogen-bond donors (Lipinski definition) is 1. The molecule has 1 aromatic rings. The van der Waals surface area contributed by atoms with Crippen molar-refractivity contribution in [2.45, 2.75) is 19.9 Å². The number of rotatable bonds is 4. The van der Waals surface area contributed by atoms with Crippen LogP contribution in [0.4, 0.5) is 0 Å². The van der Waals surface area contributed by atoms with Crippen LogP contribution in [0.1, 0.15) is 18.9 Å². The van der Waals surface area contributed by atoms with E-state index < -0.39 is 0 Å². The minimum absolute atomic E-state index is 0.585. The Hall–Kier alpha value is -0.770. The SMILES string of the molecule is COc1cccc(Cl)c1CN1CCC(C)C(CN)C1. The molecule has 2 N–H and O–H groups in total. The average Bonchev–Trinajstić information content (AvgIpc) is 2.43. The molecule has 4 heteroatoms. The van der Waals surface area contributed by atoms with E-state index in [1.165, 1.54) is 6.42 Å². The number of hydrogen-bond acceptors (Lipinski definition) is 3. The standard InChI is InChI=1S/C15H23ClN2O/c1-11-6-7-18(9-12(11)8-17)10-13-14(16)4-3-5-15(13)19-2/h3-5,11-12H,6-10,17H2,1-2H3. The molecule has 1 aliphatic rings. The number of nitrogens with zero attached hydrogens (tertiary/aromatic N) is 1. The van der Waals surface area contributed by atoms with Gasteiger partial charge in [0, 0.05) is 23.7 Å². The van der Waals surface area contributed by atoms with Gasteiger partial charge in [0.05, 0.1) is 7.11 Å². The Morgan fingerprint density at radius 1 is 1.47 bits per heavy atom. The Morgan fingerprint density at radius 3 is 2.95 bits per heavy atom. The summed E-state index contributed by atoms with van der Waals surface area (Å²) in [7, 11) is 1.69. The lowest BCUT2D eigenvalue weighted by Crippen LogP contribution is -2.42. The molecule has 2 rings (SSSR count). The maximum absolute atomic E-state index is 6.29. The minimum atomic E-state index is 0.585. The summed E-state index contributed by atoms with van der Waals surface area (Å²) in [5.74, 6) is 2.17. The van der Waals surface area contributed by atoms with Gasteiger partial charge < -0.3 is 10.5 Å². The molecule has 1 fully saturated rings. The summed E-state index contributed by atoms with van der Waals surface area (Å²) >= 11 is 6.29. The quantitative estimate of drug-likeness (QED) is 0.923. The topological polar surface area (TPSA) is 38.5 Å². The first-order valence-corrected chi connectivity index (χ1v) is 7.27. The van der Waals surface area contributed by atoms with E-state index in [1.54, 1.807) is 7.11 Å². The molecule has 1 heterocycles. The highest BCUT2D eigenvalue weighted by Crippen LogP contribution is 2.30. The highest BCUT2D eigenvalue weighted by molar-refractivity contribution is 6.31. The van der Waals surface area contributed by atoms with Crippen molar-refractivity contribution in [3.05, 3.63) is 28.8 Å². The lowest BCUT2D eigenvalue weighted by molar-refractivity contribution is 0.125. The van der Waals surface area contributed by atoms with E-state index in [-0.39, 0.29) is 0 Å². The number of benzene rings is 1. The zero-order valence-corrected chi connectivity index (χ0v) is 12.5. The Balaban J connectivity index is 2.09. The predicted molar refractivity (Wildman–Crippen MR) is 79.6 cm³/mol. The van der Waals surface area contributed by atoms with Crippen molar-refractivity contribution in [3.63, 3.8) is 0 Å². The van der Waals surface area contributed by atoms with Crippen molar-refractivity contribution in [2.75, 3.05) is 26.7 Å². The summed E-state index contributed by atoms with van der Waals surface area (Å²) in [4.78, 5) is 2.43. The molecule has 0 amide bonds. The van der Waals surface area contributed by atoms with Gasteiger partial charge in [0.25, 0.3) is 0 Å². The minimum Gasteiger partial charge on any atom is -0.496 e. The molecule has 106 valence electrons. The van der Waals surface area contributed by atoms with Crippen LogP contribution in [-0.2, 0) is 6.54 Å². The predicted octanol–water partition coefficient (Wildman–Crippen LogP) is 2.77. The first kappa shape index (κ1) is 14.6. The largest absolute Gasteiger partial charge is 0.496 e. The smallest absolute Gasteiger partial charge is 0.124 e. The van der Waals surface area contributed by atoms with Crippen LogP contribution in [0.25, 0.3) is 0 Å². The summed E-state index contributed by atoms with van der Waals surface area (Å²) in [6.45, 7) is 6.05. The van der Waals surface area contributed by atoms with Gasteiger partial charge in [-0.2, -0.15) is 0 Å². The van der Waals surface area contributed by atoms with Crippen molar-refractivity contribution in [3.8, 4) is 5.75 Å². The van der Waals surface area contributed by atoms with Gasteiger partial charge in [-0.25, -0.2) is 0 Å². The normalized spacial score (nSPS) is 24.4. The van der Waals surface area contributed by atoms with E-state index in [1.807, 2.05) is 18.2 Å². The second-order valence-electron chi connectivity index (χ2n) is 5.42. The molecule has 1 aromatic carbocycles. The van der Waals surface area contributed by atoms with E-state index in [4.69, 9.17) is 22.1 Å². The first-order chi connectivity index (χ1) is 9.15. The molecule has 19 heavy (non-hydrogen) atoms. The Morgan fingerprint density at radius 2 is 2.26 bits per heavy atom. The summed E-state index contributed by atoms with van der Waals surface area (Å²) in [5, 5.41) is 0.780. The molecule has 0 bridgehead atoms. The van der Waals surface area contributed by atoms with E-state index >= 15 is 0 Å². The van der Waals surface area contributed by atoms with E-state index in [2.05, 4.69) is 11.8 Å². The van der Waals surface area contributed by atoms with Gasteiger partial charge in [-0.3, -0.25) is 4.90 Å². The zero-order valence-electron chi connectivity index (χ0n) is 11.7. The van der Waals surface area contributed by atoms with E-state index in [9.17, 15) is 0 Å². The fourth-order valence-corrected chi connectivity index (χ4v) is 3.01. The van der Waals surface area contributed by atoms with Gasteiger partial charge in [-0.1, -0.05) is 24.6 Å². The molecule has 0 aliphatic carbocycles. The molecule has 0 saturated carbocycles. The molecule has 1 saturated heterocycles. The number of halogens is 1. The third-order valence-corrected chi connectivity index (χ3v) is 4.53. The van der Waals surface area contributed by atoms with Gasteiger partial charge in [-0.05, 0) is 43.5 Å². The zero-order chi connectivity index (χ0) is 13.8. The second kappa shape index (κ2) is 6.60. The maximum Gasteiger partial charge on any atom is 0.124 e. The third kappa shape index (κ3) is 3.41. The van der Waals surface area contributed by atoms with Crippen LogP contribution in [0.15, 0.2) is 18.2 Å². The van der Waals surface area contributed by atoms with E-state index in [0.717, 1.165) is 48.4 Å². The number of ether oxygens (including phenoxy) is 1. The fourth-order valence-electron chi connectivity index (χ4n) is 2.78. The van der Waals surface area contributed by atoms with Crippen LogP contribution in [0.2, 0.25) is 5.02 Å². The average molecular weight is 283 g/mol.